The lowest BCUT2D eigenvalue weighted by atomic mass is 10.0. The van der Waals surface area contributed by atoms with Crippen molar-refractivity contribution >= 4 is 39.4 Å². The van der Waals surface area contributed by atoms with Gasteiger partial charge in [0, 0.05) is 22.4 Å². The van der Waals surface area contributed by atoms with Crippen LogP contribution in [-0.4, -0.2) is 46.3 Å². The number of para-hydroxylation sites is 1. The molecule has 0 fully saturated rings. The Morgan fingerprint density at radius 2 is 1.43 bits per heavy atom. The minimum absolute atomic E-state index is 0.216. The van der Waals surface area contributed by atoms with Crippen LogP contribution in [0.1, 0.15) is 24.2 Å². The highest BCUT2D eigenvalue weighted by atomic mass is 16.5. The monoisotopic (exact) mass is 506 g/mol. The highest BCUT2D eigenvalue weighted by Crippen LogP contribution is 2.39. The molecule has 1 unspecified atom stereocenters. The van der Waals surface area contributed by atoms with Crippen molar-refractivity contribution in [3.8, 4) is 23.0 Å². The standard InChI is InChI=1S/C28H30N2O7/c1-15(2)25(30-27(31)16-11-23(34-4)26(36-6)24(12-16)35-5)28(32)29-19-14-21-18(13-22(19)33-3)17-9-7-8-10-20(17)37-21/h7-15,25H,1-6H3,(H,29,32)(H,30,31). The molecule has 2 N–H and O–H groups in total. The van der Waals surface area contributed by atoms with Gasteiger partial charge >= 0.3 is 0 Å². The van der Waals surface area contributed by atoms with E-state index in [9.17, 15) is 9.59 Å². The maximum absolute atomic E-state index is 13.4. The maximum Gasteiger partial charge on any atom is 0.252 e. The second-order valence-corrected chi connectivity index (χ2v) is 8.75. The summed E-state index contributed by atoms with van der Waals surface area (Å²) in [5.74, 6) is 0.436. The van der Waals surface area contributed by atoms with Crippen molar-refractivity contribution < 1.29 is 33.0 Å². The van der Waals surface area contributed by atoms with Crippen LogP contribution in [0.25, 0.3) is 21.9 Å². The Morgan fingerprint density at radius 1 is 0.784 bits per heavy atom. The van der Waals surface area contributed by atoms with E-state index in [0.717, 1.165) is 16.4 Å². The highest BCUT2D eigenvalue weighted by Gasteiger charge is 2.27. The third-order valence-corrected chi connectivity index (χ3v) is 6.12. The Bertz CT molecular complexity index is 1430. The summed E-state index contributed by atoms with van der Waals surface area (Å²) in [4.78, 5) is 26.5. The van der Waals surface area contributed by atoms with Crippen molar-refractivity contribution in [2.24, 2.45) is 5.92 Å². The summed E-state index contributed by atoms with van der Waals surface area (Å²) < 4.78 is 27.5. The number of nitrogens with one attached hydrogen (secondary N) is 2. The number of rotatable bonds is 9. The summed E-state index contributed by atoms with van der Waals surface area (Å²) in [5.41, 5.74) is 2.04. The van der Waals surface area contributed by atoms with Crippen molar-refractivity contribution in [2.75, 3.05) is 33.8 Å². The molecule has 1 heterocycles. The summed E-state index contributed by atoms with van der Waals surface area (Å²) in [6.45, 7) is 3.69. The van der Waals surface area contributed by atoms with Crippen molar-refractivity contribution in [1.82, 2.24) is 5.32 Å². The van der Waals surface area contributed by atoms with Gasteiger partial charge in [-0.1, -0.05) is 32.0 Å². The number of amides is 2. The Balaban J connectivity index is 1.61. The van der Waals surface area contributed by atoms with Gasteiger partial charge in [-0.25, -0.2) is 0 Å². The van der Waals surface area contributed by atoms with Crippen molar-refractivity contribution in [2.45, 2.75) is 19.9 Å². The zero-order valence-corrected chi connectivity index (χ0v) is 21.6. The molecule has 0 saturated carbocycles. The molecule has 0 radical (unpaired) electrons. The number of hydrogen-bond donors (Lipinski definition) is 2. The highest BCUT2D eigenvalue weighted by molar-refractivity contribution is 6.08. The summed E-state index contributed by atoms with van der Waals surface area (Å²) in [7, 11) is 5.95. The van der Waals surface area contributed by atoms with Gasteiger partial charge in [-0.15, -0.1) is 0 Å². The van der Waals surface area contributed by atoms with Gasteiger partial charge in [0.25, 0.3) is 5.91 Å². The predicted octanol–water partition coefficient (Wildman–Crippen LogP) is 5.01. The van der Waals surface area contributed by atoms with Crippen LogP contribution in [0.4, 0.5) is 5.69 Å². The molecule has 37 heavy (non-hydrogen) atoms. The molecule has 194 valence electrons. The molecule has 2 amide bonds. The minimum Gasteiger partial charge on any atom is -0.495 e. The number of hydrogen-bond acceptors (Lipinski definition) is 7. The Hall–Kier alpha value is -4.40. The first-order chi connectivity index (χ1) is 17.8. The molecule has 0 aliphatic carbocycles. The first-order valence-electron chi connectivity index (χ1n) is 11.7. The predicted molar refractivity (Wildman–Crippen MR) is 141 cm³/mol. The first kappa shape index (κ1) is 25.7. The summed E-state index contributed by atoms with van der Waals surface area (Å²) >= 11 is 0. The fraction of sp³-hybridized carbons (Fsp3) is 0.286. The van der Waals surface area contributed by atoms with E-state index in [1.807, 2.05) is 44.2 Å². The third kappa shape index (κ3) is 4.97. The lowest BCUT2D eigenvalue weighted by Gasteiger charge is -2.23. The molecular formula is C28H30N2O7. The number of fused-ring (bicyclic) bond motifs is 3. The van der Waals surface area contributed by atoms with Crippen LogP contribution in [0, 0.1) is 5.92 Å². The van der Waals surface area contributed by atoms with Gasteiger partial charge in [0.05, 0.1) is 34.1 Å². The molecule has 3 aromatic carbocycles. The number of carbonyl (C=O) groups excluding carboxylic acids is 2. The van der Waals surface area contributed by atoms with Gasteiger partial charge in [-0.2, -0.15) is 0 Å². The quantitative estimate of drug-likeness (QED) is 0.328. The van der Waals surface area contributed by atoms with E-state index in [-0.39, 0.29) is 11.5 Å². The number of carbonyl (C=O) groups is 2. The number of anilines is 1. The Morgan fingerprint density at radius 3 is 2.03 bits per heavy atom. The average molecular weight is 507 g/mol. The second kappa shape index (κ2) is 10.7. The number of ether oxygens (including phenoxy) is 4. The molecule has 0 aliphatic rings. The minimum atomic E-state index is -0.845. The van der Waals surface area contributed by atoms with Crippen LogP contribution in [0.15, 0.2) is 52.9 Å². The van der Waals surface area contributed by atoms with E-state index in [4.69, 9.17) is 23.4 Å². The molecule has 0 spiro atoms. The smallest absolute Gasteiger partial charge is 0.252 e. The molecule has 4 rings (SSSR count). The molecule has 4 aromatic rings. The fourth-order valence-corrected chi connectivity index (χ4v) is 4.20. The van der Waals surface area contributed by atoms with Crippen LogP contribution in [0.2, 0.25) is 0 Å². The van der Waals surface area contributed by atoms with Gasteiger partial charge in [-0.05, 0) is 30.2 Å². The summed E-state index contributed by atoms with van der Waals surface area (Å²) in [6, 6.07) is 13.5. The van der Waals surface area contributed by atoms with Gasteiger partial charge in [0.15, 0.2) is 11.5 Å². The molecular weight excluding hydrogens is 476 g/mol. The zero-order chi connectivity index (χ0) is 26.7. The molecule has 9 heteroatoms. The molecule has 1 aromatic heterocycles. The van der Waals surface area contributed by atoms with Gasteiger partial charge < -0.3 is 34.0 Å². The SMILES string of the molecule is COc1cc2c(cc1NC(=O)C(NC(=O)c1cc(OC)c(OC)c(OC)c1)C(C)C)oc1ccccc12. The van der Waals surface area contributed by atoms with Gasteiger partial charge in [0.2, 0.25) is 11.7 Å². The normalized spacial score (nSPS) is 11.9. The molecule has 9 nitrogen and oxygen atoms in total. The topological polar surface area (TPSA) is 108 Å². The summed E-state index contributed by atoms with van der Waals surface area (Å²) in [6.07, 6.45) is 0. The lowest BCUT2D eigenvalue weighted by Crippen LogP contribution is -2.47. The zero-order valence-electron chi connectivity index (χ0n) is 21.6. The van der Waals surface area contributed by atoms with Crippen molar-refractivity contribution in [3.63, 3.8) is 0 Å². The van der Waals surface area contributed by atoms with Crippen LogP contribution < -0.4 is 29.6 Å². The number of benzene rings is 3. The van der Waals surface area contributed by atoms with Gasteiger partial charge in [-0.3, -0.25) is 9.59 Å². The second-order valence-electron chi connectivity index (χ2n) is 8.75. The van der Waals surface area contributed by atoms with E-state index in [1.165, 1.54) is 40.6 Å². The van der Waals surface area contributed by atoms with Crippen LogP contribution in [-0.2, 0) is 4.79 Å². The fourth-order valence-electron chi connectivity index (χ4n) is 4.20. The molecule has 0 saturated heterocycles. The van der Waals surface area contributed by atoms with E-state index in [0.29, 0.717) is 34.3 Å². The van der Waals surface area contributed by atoms with E-state index >= 15 is 0 Å². The largest absolute Gasteiger partial charge is 0.495 e. The van der Waals surface area contributed by atoms with E-state index in [2.05, 4.69) is 10.6 Å². The Kier molecular flexibility index (Phi) is 7.42. The van der Waals surface area contributed by atoms with E-state index < -0.39 is 17.9 Å². The van der Waals surface area contributed by atoms with Crippen LogP contribution in [0.3, 0.4) is 0 Å². The van der Waals surface area contributed by atoms with Crippen LogP contribution >= 0.6 is 0 Å². The average Bonchev–Trinajstić information content (AvgIpc) is 3.26. The third-order valence-electron chi connectivity index (χ3n) is 6.12. The van der Waals surface area contributed by atoms with Gasteiger partial charge in [0.1, 0.15) is 23.0 Å². The van der Waals surface area contributed by atoms with E-state index in [1.54, 1.807) is 6.07 Å². The maximum atomic E-state index is 13.4. The van der Waals surface area contributed by atoms with Crippen molar-refractivity contribution in [3.05, 3.63) is 54.1 Å². The molecule has 0 bridgehead atoms. The first-order valence-corrected chi connectivity index (χ1v) is 11.7. The molecule has 1 atom stereocenters. The Labute approximate surface area is 214 Å². The van der Waals surface area contributed by atoms with Crippen LogP contribution in [0.5, 0.6) is 23.0 Å². The summed E-state index contributed by atoms with van der Waals surface area (Å²) in [5, 5.41) is 7.54. The lowest BCUT2D eigenvalue weighted by molar-refractivity contribution is -0.118. The number of methoxy groups -OCH3 is 4. The molecule has 0 aliphatic heterocycles. The van der Waals surface area contributed by atoms with Crippen molar-refractivity contribution in [1.29, 1.82) is 0 Å². The number of furan rings is 1.